The van der Waals surface area contributed by atoms with E-state index in [1.165, 1.54) is 11.8 Å². The van der Waals surface area contributed by atoms with Crippen molar-refractivity contribution in [1.29, 1.82) is 0 Å². The van der Waals surface area contributed by atoms with E-state index < -0.39 is 5.97 Å². The Kier molecular flexibility index (Phi) is 7.30. The van der Waals surface area contributed by atoms with Crippen LogP contribution in [0.3, 0.4) is 0 Å². The molecule has 0 bridgehead atoms. The van der Waals surface area contributed by atoms with E-state index in [1.807, 2.05) is 11.0 Å². The van der Waals surface area contributed by atoms with Gasteiger partial charge in [-0.3, -0.25) is 9.59 Å². The number of methoxy groups -OCH3 is 1. The van der Waals surface area contributed by atoms with Crippen LogP contribution in [-0.2, 0) is 9.53 Å². The van der Waals surface area contributed by atoms with Crippen LogP contribution >= 0.6 is 11.8 Å². The summed E-state index contributed by atoms with van der Waals surface area (Å²) in [4.78, 5) is 39.5. The van der Waals surface area contributed by atoms with Gasteiger partial charge in [-0.05, 0) is 49.2 Å². The van der Waals surface area contributed by atoms with Crippen LogP contribution in [0.5, 0.6) is 5.75 Å². The third-order valence-corrected chi connectivity index (χ3v) is 5.72. The molecular weight excluding hydrogens is 390 g/mol. The summed E-state index contributed by atoms with van der Waals surface area (Å²) >= 11 is 1.31. The summed E-state index contributed by atoms with van der Waals surface area (Å²) in [5.74, 6) is 0.118. The molecule has 0 aromatic heterocycles. The number of nitrogens with zero attached hydrogens (tertiary/aromatic N) is 1. The third kappa shape index (κ3) is 5.60. The van der Waals surface area contributed by atoms with E-state index in [9.17, 15) is 14.4 Å². The first-order valence-electron chi connectivity index (χ1n) is 9.42. The normalized spacial score (nSPS) is 13.2. The molecule has 0 N–H and O–H groups in total. The number of thioether (sulfide) groups is 1. The van der Waals surface area contributed by atoms with E-state index >= 15 is 0 Å². The molecule has 152 valence electrons. The van der Waals surface area contributed by atoms with Gasteiger partial charge < -0.3 is 14.4 Å². The minimum absolute atomic E-state index is 0.0744. The molecule has 1 heterocycles. The number of hydrogen-bond acceptors (Lipinski definition) is 6. The fraction of sp³-hybridized carbons (Fsp3) is 0.318. The second-order valence-corrected chi connectivity index (χ2v) is 7.62. The molecule has 2 aromatic rings. The third-order valence-electron chi connectivity index (χ3n) is 4.66. The van der Waals surface area contributed by atoms with Crippen molar-refractivity contribution in [3.05, 3.63) is 59.7 Å². The highest BCUT2D eigenvalue weighted by Gasteiger charge is 2.20. The molecule has 3 rings (SSSR count). The first-order chi connectivity index (χ1) is 14.1. The molecule has 0 atom stereocenters. The van der Waals surface area contributed by atoms with Gasteiger partial charge >= 0.3 is 5.97 Å². The largest absolute Gasteiger partial charge is 0.497 e. The second kappa shape index (κ2) is 10.1. The minimum atomic E-state index is -0.580. The van der Waals surface area contributed by atoms with Crippen LogP contribution in [0.15, 0.2) is 53.4 Å². The number of benzene rings is 2. The van der Waals surface area contributed by atoms with Crippen LogP contribution in [0.4, 0.5) is 0 Å². The van der Waals surface area contributed by atoms with Gasteiger partial charge in [0.25, 0.3) is 0 Å². The Hall–Kier alpha value is -2.80. The summed E-state index contributed by atoms with van der Waals surface area (Å²) in [6.45, 7) is 1.25. The molecule has 0 unspecified atom stereocenters. The minimum Gasteiger partial charge on any atom is -0.497 e. The molecule has 6 nitrogen and oxygen atoms in total. The molecule has 2 aromatic carbocycles. The maximum absolute atomic E-state index is 12.5. The van der Waals surface area contributed by atoms with E-state index in [4.69, 9.17) is 9.47 Å². The van der Waals surface area contributed by atoms with Crippen LogP contribution < -0.4 is 4.74 Å². The number of ketones is 1. The van der Waals surface area contributed by atoms with E-state index in [0.717, 1.165) is 25.9 Å². The van der Waals surface area contributed by atoms with Gasteiger partial charge in [-0.1, -0.05) is 12.1 Å². The molecule has 0 spiro atoms. The van der Waals surface area contributed by atoms with Gasteiger partial charge in [-0.2, -0.15) is 0 Å². The highest BCUT2D eigenvalue weighted by Crippen LogP contribution is 2.24. The van der Waals surface area contributed by atoms with Crippen molar-refractivity contribution in [1.82, 2.24) is 4.90 Å². The topological polar surface area (TPSA) is 72.9 Å². The smallest absolute Gasteiger partial charge is 0.339 e. The number of carbonyl (C=O) groups excluding carboxylic acids is 3. The number of amides is 1. The molecule has 29 heavy (non-hydrogen) atoms. The molecule has 1 fully saturated rings. The van der Waals surface area contributed by atoms with E-state index in [-0.39, 0.29) is 24.1 Å². The zero-order chi connectivity index (χ0) is 20.6. The monoisotopic (exact) mass is 413 g/mol. The molecule has 0 saturated carbocycles. The number of hydrogen-bond donors (Lipinski definition) is 0. The lowest BCUT2D eigenvalue weighted by Gasteiger charge is -2.15. The van der Waals surface area contributed by atoms with Gasteiger partial charge in [0.2, 0.25) is 5.91 Å². The summed E-state index contributed by atoms with van der Waals surface area (Å²) in [6.07, 6.45) is 2.09. The Morgan fingerprint density at radius 1 is 1.00 bits per heavy atom. The Morgan fingerprint density at radius 2 is 1.69 bits per heavy atom. The van der Waals surface area contributed by atoms with Gasteiger partial charge in [0.05, 0.1) is 18.4 Å². The van der Waals surface area contributed by atoms with Gasteiger partial charge in [0, 0.05) is 23.5 Å². The van der Waals surface area contributed by atoms with Gasteiger partial charge in [-0.25, -0.2) is 4.79 Å². The Labute approximate surface area is 174 Å². The fourth-order valence-corrected chi connectivity index (χ4v) is 3.97. The maximum atomic E-state index is 12.5. The highest BCUT2D eigenvalue weighted by atomic mass is 32.2. The lowest BCUT2D eigenvalue weighted by atomic mass is 10.1. The molecule has 1 saturated heterocycles. The number of carbonyl (C=O) groups is 3. The zero-order valence-corrected chi connectivity index (χ0v) is 17.1. The zero-order valence-electron chi connectivity index (χ0n) is 16.3. The van der Waals surface area contributed by atoms with Crippen molar-refractivity contribution in [2.75, 3.05) is 32.6 Å². The van der Waals surface area contributed by atoms with E-state index in [1.54, 1.807) is 49.6 Å². The number of ether oxygens (including phenoxy) is 2. The van der Waals surface area contributed by atoms with Crippen molar-refractivity contribution >= 4 is 29.4 Å². The van der Waals surface area contributed by atoms with Crippen molar-refractivity contribution in [3.63, 3.8) is 0 Å². The van der Waals surface area contributed by atoms with Crippen molar-refractivity contribution in [2.24, 2.45) is 0 Å². The quantitative estimate of drug-likeness (QED) is 0.375. The average Bonchev–Trinajstić information content (AvgIpc) is 3.31. The first-order valence-corrected chi connectivity index (χ1v) is 10.4. The lowest BCUT2D eigenvalue weighted by Crippen LogP contribution is -2.29. The molecule has 0 aliphatic carbocycles. The molecule has 1 amide bonds. The Morgan fingerprint density at radius 3 is 2.38 bits per heavy atom. The predicted molar refractivity (Wildman–Crippen MR) is 111 cm³/mol. The van der Waals surface area contributed by atoms with Crippen molar-refractivity contribution < 1.29 is 23.9 Å². The average molecular weight is 413 g/mol. The number of rotatable bonds is 8. The lowest BCUT2D eigenvalue weighted by molar-refractivity contribution is -0.127. The maximum Gasteiger partial charge on any atom is 0.339 e. The van der Waals surface area contributed by atoms with Crippen LogP contribution in [-0.4, -0.2) is 55.1 Å². The summed E-state index contributed by atoms with van der Waals surface area (Å²) in [5, 5.41) is 0. The van der Waals surface area contributed by atoms with Crippen LogP contribution in [0.1, 0.15) is 33.6 Å². The van der Waals surface area contributed by atoms with Crippen LogP contribution in [0, 0.1) is 0 Å². The number of Topliss-reactive ketones (excluding diaryl/α,β-unsaturated/α-hetero) is 1. The van der Waals surface area contributed by atoms with Crippen molar-refractivity contribution in [3.8, 4) is 5.75 Å². The number of esters is 1. The van der Waals surface area contributed by atoms with E-state index in [0.29, 0.717) is 21.8 Å². The summed E-state index contributed by atoms with van der Waals surface area (Å²) in [6, 6.07) is 13.6. The predicted octanol–water partition coefficient (Wildman–Crippen LogP) is 3.45. The van der Waals surface area contributed by atoms with Crippen molar-refractivity contribution in [2.45, 2.75) is 17.7 Å². The van der Waals surface area contributed by atoms with E-state index in [2.05, 4.69) is 0 Å². The standard InChI is InChI=1S/C22H23NO5S/c1-27-17-10-8-16(9-11-17)19(24)14-28-22(26)18-6-2-3-7-20(18)29-15-21(25)23-12-4-5-13-23/h2-3,6-11H,4-5,12-15H2,1H3. The highest BCUT2D eigenvalue weighted by molar-refractivity contribution is 8.00. The van der Waals surface area contributed by atoms with Gasteiger partial charge in [-0.15, -0.1) is 11.8 Å². The van der Waals surface area contributed by atoms with Crippen LogP contribution in [0.2, 0.25) is 0 Å². The summed E-state index contributed by atoms with van der Waals surface area (Å²) in [7, 11) is 1.55. The molecule has 1 aliphatic rings. The Bertz CT molecular complexity index is 875. The molecule has 0 radical (unpaired) electrons. The first kappa shape index (κ1) is 20.9. The Balaban J connectivity index is 1.57. The summed E-state index contributed by atoms with van der Waals surface area (Å²) < 4.78 is 10.3. The summed E-state index contributed by atoms with van der Waals surface area (Å²) in [5.41, 5.74) is 0.798. The van der Waals surface area contributed by atoms with Gasteiger partial charge in [0.15, 0.2) is 12.4 Å². The van der Waals surface area contributed by atoms with Gasteiger partial charge in [0.1, 0.15) is 5.75 Å². The molecular formula is C22H23NO5S. The fourth-order valence-electron chi connectivity index (χ4n) is 3.03. The molecule has 7 heteroatoms. The SMILES string of the molecule is COc1ccc(C(=O)COC(=O)c2ccccc2SCC(=O)N2CCCC2)cc1. The molecule has 1 aliphatic heterocycles. The second-order valence-electron chi connectivity index (χ2n) is 6.60. The van der Waals surface area contributed by atoms with Crippen LogP contribution in [0.25, 0.3) is 0 Å². The number of likely N-dealkylation sites (tertiary alicyclic amines) is 1.